The highest BCUT2D eigenvalue weighted by Crippen LogP contribution is 2.31. The molecule has 0 aliphatic rings. The van der Waals surface area contributed by atoms with E-state index >= 15 is 0 Å². The van der Waals surface area contributed by atoms with Crippen LogP contribution in [0.5, 0.6) is 0 Å². The average molecular weight is 335 g/mol. The van der Waals surface area contributed by atoms with Gasteiger partial charge in [-0.05, 0) is 35.4 Å². The molecule has 0 N–H and O–H groups in total. The summed E-state index contributed by atoms with van der Waals surface area (Å²) in [6.45, 7) is 4.10. The van der Waals surface area contributed by atoms with Crippen LogP contribution >= 0.6 is 23.3 Å². The molecular formula is C14H14FN5S2. The first-order valence-corrected chi connectivity index (χ1v) is 8.31. The largest absolute Gasteiger partial charge is 0.305 e. The molecule has 0 unspecified atom stereocenters. The Labute approximate surface area is 135 Å². The van der Waals surface area contributed by atoms with Crippen LogP contribution in [0.3, 0.4) is 0 Å². The van der Waals surface area contributed by atoms with Crippen LogP contribution in [0.25, 0.3) is 11.4 Å². The zero-order valence-electron chi connectivity index (χ0n) is 12.3. The summed E-state index contributed by atoms with van der Waals surface area (Å²) < 4.78 is 20.8. The summed E-state index contributed by atoms with van der Waals surface area (Å²) in [7, 11) is 1.81. The number of hydrogen-bond donors (Lipinski definition) is 0. The summed E-state index contributed by atoms with van der Waals surface area (Å²) in [6.07, 6.45) is 0. The smallest absolute Gasteiger partial charge is 0.198 e. The predicted molar refractivity (Wildman–Crippen MR) is 84.5 cm³/mol. The van der Waals surface area contributed by atoms with Crippen LogP contribution < -0.4 is 0 Å². The molecule has 22 heavy (non-hydrogen) atoms. The van der Waals surface area contributed by atoms with Crippen molar-refractivity contribution in [3.63, 3.8) is 0 Å². The molecule has 2 aromatic heterocycles. The molecule has 0 bridgehead atoms. The molecule has 1 aromatic carbocycles. The van der Waals surface area contributed by atoms with Crippen molar-refractivity contribution in [2.75, 3.05) is 0 Å². The van der Waals surface area contributed by atoms with Crippen LogP contribution in [0.2, 0.25) is 0 Å². The molecule has 0 atom stereocenters. The van der Waals surface area contributed by atoms with E-state index in [1.54, 1.807) is 22.8 Å². The molecule has 114 valence electrons. The Hall–Kier alpha value is -1.80. The molecule has 0 aliphatic carbocycles. The fourth-order valence-corrected chi connectivity index (χ4v) is 3.50. The van der Waals surface area contributed by atoms with Crippen molar-refractivity contribution in [3.8, 4) is 11.4 Å². The Morgan fingerprint density at radius 2 is 2.00 bits per heavy atom. The minimum absolute atomic E-state index is 0.291. The van der Waals surface area contributed by atoms with Gasteiger partial charge in [0.1, 0.15) is 11.6 Å². The Morgan fingerprint density at radius 1 is 1.23 bits per heavy atom. The maximum atomic E-state index is 13.9. The number of hydrogen-bond acceptors (Lipinski definition) is 6. The Kier molecular flexibility index (Phi) is 4.21. The molecule has 0 saturated carbocycles. The molecule has 0 saturated heterocycles. The van der Waals surface area contributed by atoms with Gasteiger partial charge >= 0.3 is 0 Å². The molecule has 0 aliphatic heterocycles. The van der Waals surface area contributed by atoms with Gasteiger partial charge in [-0.2, -0.15) is 4.37 Å². The maximum Gasteiger partial charge on any atom is 0.198 e. The van der Waals surface area contributed by atoms with Crippen LogP contribution in [-0.2, 0) is 7.05 Å². The van der Waals surface area contributed by atoms with Gasteiger partial charge in [-0.15, -0.1) is 10.2 Å². The van der Waals surface area contributed by atoms with E-state index in [1.807, 2.05) is 7.05 Å². The quantitative estimate of drug-likeness (QED) is 0.727. The van der Waals surface area contributed by atoms with E-state index in [0.717, 1.165) is 10.2 Å². The van der Waals surface area contributed by atoms with Crippen molar-refractivity contribution >= 4 is 23.3 Å². The second-order valence-corrected chi connectivity index (χ2v) is 6.99. The van der Waals surface area contributed by atoms with Gasteiger partial charge in [0.25, 0.3) is 0 Å². The Bertz CT molecular complexity index is 796. The molecule has 0 amide bonds. The second-order valence-electron chi connectivity index (χ2n) is 5.02. The fourth-order valence-electron chi connectivity index (χ4n) is 1.86. The summed E-state index contributed by atoms with van der Waals surface area (Å²) in [4.78, 5) is 4.46. The van der Waals surface area contributed by atoms with E-state index in [9.17, 15) is 4.39 Å². The van der Waals surface area contributed by atoms with Gasteiger partial charge < -0.3 is 4.57 Å². The normalized spacial score (nSPS) is 11.3. The lowest BCUT2D eigenvalue weighted by atomic mass is 10.2. The second kappa shape index (κ2) is 6.13. The maximum absolute atomic E-state index is 13.9. The minimum atomic E-state index is -0.312. The highest BCUT2D eigenvalue weighted by Gasteiger charge is 2.17. The lowest BCUT2D eigenvalue weighted by molar-refractivity contribution is 0.628. The molecule has 3 rings (SSSR count). The summed E-state index contributed by atoms with van der Waals surface area (Å²) in [5.74, 6) is 1.30. The van der Waals surface area contributed by atoms with Crippen LogP contribution in [-0.4, -0.2) is 24.1 Å². The molecule has 0 radical (unpaired) electrons. The lowest BCUT2D eigenvalue weighted by Crippen LogP contribution is -1.96. The lowest BCUT2D eigenvalue weighted by Gasteiger charge is -2.03. The van der Waals surface area contributed by atoms with E-state index < -0.39 is 0 Å². The van der Waals surface area contributed by atoms with Crippen LogP contribution in [0, 0.1) is 5.82 Å². The van der Waals surface area contributed by atoms with Crippen molar-refractivity contribution in [1.82, 2.24) is 24.1 Å². The summed E-state index contributed by atoms with van der Waals surface area (Å²) in [6, 6.07) is 6.53. The molecule has 8 heteroatoms. The third kappa shape index (κ3) is 2.89. The molecule has 5 nitrogen and oxygen atoms in total. The van der Waals surface area contributed by atoms with Crippen molar-refractivity contribution in [2.45, 2.75) is 29.3 Å². The number of aromatic nitrogens is 5. The zero-order chi connectivity index (χ0) is 15.7. The highest BCUT2D eigenvalue weighted by atomic mass is 32.2. The van der Waals surface area contributed by atoms with Crippen molar-refractivity contribution in [1.29, 1.82) is 0 Å². The topological polar surface area (TPSA) is 56.5 Å². The number of benzene rings is 1. The highest BCUT2D eigenvalue weighted by molar-refractivity contribution is 8.00. The fraction of sp³-hybridized carbons (Fsp3) is 0.286. The van der Waals surface area contributed by atoms with Gasteiger partial charge in [0.2, 0.25) is 0 Å². The summed E-state index contributed by atoms with van der Waals surface area (Å²) in [5.41, 5.74) is 0.435. The monoisotopic (exact) mass is 335 g/mol. The van der Waals surface area contributed by atoms with Gasteiger partial charge in [-0.3, -0.25) is 0 Å². The van der Waals surface area contributed by atoms with Crippen molar-refractivity contribution in [3.05, 3.63) is 35.9 Å². The van der Waals surface area contributed by atoms with Crippen LogP contribution in [0.15, 0.2) is 33.8 Å². The SMILES string of the molecule is CC(C)c1nsc(Sc2nnc(-c3ccccc3F)n2C)n1. The number of nitrogens with zero attached hydrogens (tertiary/aromatic N) is 5. The first kappa shape index (κ1) is 15.1. The number of rotatable bonds is 4. The standard InChI is InChI=1S/C14H14FN5S2/c1-8(2)11-16-14(22-19-11)21-13-18-17-12(20(13)3)9-6-4-5-7-10(9)15/h4-8H,1-3H3. The first-order valence-electron chi connectivity index (χ1n) is 6.72. The van der Waals surface area contributed by atoms with Crippen molar-refractivity contribution < 1.29 is 4.39 Å². The minimum Gasteiger partial charge on any atom is -0.305 e. The van der Waals surface area contributed by atoms with E-state index in [0.29, 0.717) is 22.5 Å². The molecule has 0 fully saturated rings. The summed E-state index contributed by atoms with van der Waals surface area (Å²) in [5, 5.41) is 8.88. The predicted octanol–water partition coefficient (Wildman–Crippen LogP) is 3.75. The van der Waals surface area contributed by atoms with Gasteiger partial charge in [0.15, 0.2) is 15.3 Å². The first-order chi connectivity index (χ1) is 10.6. The zero-order valence-corrected chi connectivity index (χ0v) is 14.0. The van der Waals surface area contributed by atoms with Gasteiger partial charge in [-0.25, -0.2) is 9.37 Å². The van der Waals surface area contributed by atoms with E-state index in [2.05, 4.69) is 33.4 Å². The Morgan fingerprint density at radius 3 is 2.68 bits per heavy atom. The summed E-state index contributed by atoms with van der Waals surface area (Å²) >= 11 is 2.72. The van der Waals surface area contributed by atoms with Gasteiger partial charge in [0, 0.05) is 13.0 Å². The van der Waals surface area contributed by atoms with Gasteiger partial charge in [0.05, 0.1) is 5.56 Å². The molecule has 2 heterocycles. The molecule has 3 aromatic rings. The number of halogens is 1. The van der Waals surface area contributed by atoms with E-state index in [-0.39, 0.29) is 5.82 Å². The molecular weight excluding hydrogens is 321 g/mol. The van der Waals surface area contributed by atoms with E-state index in [4.69, 9.17) is 0 Å². The van der Waals surface area contributed by atoms with Crippen molar-refractivity contribution in [2.24, 2.45) is 7.05 Å². The third-order valence-electron chi connectivity index (χ3n) is 3.07. The molecule has 0 spiro atoms. The van der Waals surface area contributed by atoms with Crippen LogP contribution in [0.1, 0.15) is 25.6 Å². The third-order valence-corrected chi connectivity index (χ3v) is 4.87. The Balaban J connectivity index is 1.89. The van der Waals surface area contributed by atoms with Crippen LogP contribution in [0.4, 0.5) is 4.39 Å². The van der Waals surface area contributed by atoms with Gasteiger partial charge in [-0.1, -0.05) is 26.0 Å². The van der Waals surface area contributed by atoms with E-state index in [1.165, 1.54) is 29.4 Å². The average Bonchev–Trinajstić information content (AvgIpc) is 3.09.